The highest BCUT2D eigenvalue weighted by molar-refractivity contribution is 5.74. The van der Waals surface area contributed by atoms with Gasteiger partial charge in [-0.15, -0.1) is 0 Å². The van der Waals surface area contributed by atoms with Crippen molar-refractivity contribution < 1.29 is 14.6 Å². The third-order valence-corrected chi connectivity index (χ3v) is 9.53. The molecule has 0 saturated heterocycles. The molecule has 27 heavy (non-hydrogen) atoms. The zero-order valence-corrected chi connectivity index (χ0v) is 16.9. The molecule has 0 aliphatic heterocycles. The van der Waals surface area contributed by atoms with Crippen LogP contribution in [0.5, 0.6) is 0 Å². The van der Waals surface area contributed by atoms with E-state index < -0.39 is 5.54 Å². The molecular weight excluding hydrogens is 342 g/mol. The third kappa shape index (κ3) is 2.42. The zero-order valence-electron chi connectivity index (χ0n) is 16.9. The van der Waals surface area contributed by atoms with E-state index in [-0.39, 0.29) is 28.8 Å². The summed E-state index contributed by atoms with van der Waals surface area (Å²) >= 11 is 0. The normalized spacial score (nSPS) is 51.3. The third-order valence-electron chi connectivity index (χ3n) is 9.53. The molecule has 0 aromatic carbocycles. The predicted molar refractivity (Wildman–Crippen MR) is 102 cm³/mol. The van der Waals surface area contributed by atoms with Crippen LogP contribution in [0.3, 0.4) is 0 Å². The zero-order chi connectivity index (χ0) is 19.4. The first-order valence-corrected chi connectivity index (χ1v) is 10.6. The highest BCUT2D eigenvalue weighted by Gasteiger charge is 2.68. The van der Waals surface area contributed by atoms with Gasteiger partial charge in [0, 0.05) is 4.91 Å². The Morgan fingerprint density at radius 3 is 2.59 bits per heavy atom. The molecule has 1 N–H and O–H groups in total. The summed E-state index contributed by atoms with van der Waals surface area (Å²) in [7, 11) is 1.46. The van der Waals surface area contributed by atoms with E-state index in [0.29, 0.717) is 17.8 Å². The van der Waals surface area contributed by atoms with Crippen molar-refractivity contribution in [3.8, 4) is 0 Å². The molecule has 8 atom stereocenters. The van der Waals surface area contributed by atoms with Crippen LogP contribution in [0.4, 0.5) is 0 Å². The van der Waals surface area contributed by atoms with Gasteiger partial charge < -0.3 is 9.84 Å². The van der Waals surface area contributed by atoms with Gasteiger partial charge in [-0.05, 0) is 91.9 Å². The Kier molecular flexibility index (Phi) is 4.51. The SMILES string of the molecule is COC(=O)[C@H]1CC[C@]2(N=[N+]=[N-])[C@@H]3CC[C@@H]4C[C@@H](O)CC[C@]4(C)[C@H]3CC[C@]12C. The molecular formula is C21H33N3O3. The Bertz CT molecular complexity index is 678. The summed E-state index contributed by atoms with van der Waals surface area (Å²) in [4.78, 5) is 15.8. The van der Waals surface area contributed by atoms with Gasteiger partial charge >= 0.3 is 5.97 Å². The van der Waals surface area contributed by atoms with E-state index in [2.05, 4.69) is 23.9 Å². The maximum Gasteiger partial charge on any atom is 0.309 e. The summed E-state index contributed by atoms with van der Waals surface area (Å²) in [5.74, 6) is 1.09. The minimum absolute atomic E-state index is 0.147. The molecule has 0 bridgehead atoms. The minimum Gasteiger partial charge on any atom is -0.469 e. The average Bonchev–Trinajstić information content (AvgIpc) is 2.95. The summed E-state index contributed by atoms with van der Waals surface area (Å²) < 4.78 is 5.12. The fourth-order valence-electron chi connectivity index (χ4n) is 8.04. The fraction of sp³-hybridized carbons (Fsp3) is 0.952. The lowest BCUT2D eigenvalue weighted by atomic mass is 9.42. The quantitative estimate of drug-likeness (QED) is 0.330. The summed E-state index contributed by atoms with van der Waals surface area (Å²) in [6, 6.07) is 0. The van der Waals surface area contributed by atoms with Gasteiger partial charge in [0.2, 0.25) is 0 Å². The molecule has 0 radical (unpaired) electrons. The van der Waals surface area contributed by atoms with E-state index in [1.54, 1.807) is 0 Å². The van der Waals surface area contributed by atoms with Gasteiger partial charge in [0.1, 0.15) is 0 Å². The van der Waals surface area contributed by atoms with Gasteiger partial charge in [-0.1, -0.05) is 19.0 Å². The van der Waals surface area contributed by atoms with Crippen LogP contribution < -0.4 is 0 Å². The van der Waals surface area contributed by atoms with E-state index >= 15 is 0 Å². The number of carbonyl (C=O) groups is 1. The molecule has 4 saturated carbocycles. The molecule has 4 rings (SSSR count). The van der Waals surface area contributed by atoms with Crippen molar-refractivity contribution in [1.82, 2.24) is 0 Å². The number of ether oxygens (including phenoxy) is 1. The predicted octanol–water partition coefficient (Wildman–Crippen LogP) is 4.61. The van der Waals surface area contributed by atoms with Crippen LogP contribution in [0.15, 0.2) is 5.11 Å². The van der Waals surface area contributed by atoms with Crippen molar-refractivity contribution in [2.45, 2.75) is 83.3 Å². The van der Waals surface area contributed by atoms with Gasteiger partial charge in [-0.25, -0.2) is 0 Å². The molecule has 6 nitrogen and oxygen atoms in total. The number of methoxy groups -OCH3 is 1. The molecule has 0 heterocycles. The first-order chi connectivity index (χ1) is 12.8. The lowest BCUT2D eigenvalue weighted by molar-refractivity contribution is -0.160. The largest absolute Gasteiger partial charge is 0.469 e. The molecule has 4 aliphatic carbocycles. The van der Waals surface area contributed by atoms with E-state index in [0.717, 1.165) is 57.8 Å². The van der Waals surface area contributed by atoms with E-state index in [4.69, 9.17) is 4.74 Å². The monoisotopic (exact) mass is 375 g/mol. The second-order valence-corrected chi connectivity index (χ2v) is 10.1. The number of rotatable bonds is 2. The number of aliphatic hydroxyl groups is 1. The molecule has 0 amide bonds. The number of nitrogens with zero attached hydrogens (tertiary/aromatic N) is 3. The summed E-state index contributed by atoms with van der Waals surface area (Å²) in [5.41, 5.74) is 8.91. The van der Waals surface area contributed by atoms with Crippen molar-refractivity contribution >= 4 is 5.97 Å². The number of carbonyl (C=O) groups excluding carboxylic acids is 1. The maximum atomic E-state index is 12.5. The number of esters is 1. The Labute approximate surface area is 161 Å². The smallest absolute Gasteiger partial charge is 0.309 e. The van der Waals surface area contributed by atoms with Crippen LogP contribution in [0, 0.1) is 34.5 Å². The van der Waals surface area contributed by atoms with Crippen molar-refractivity contribution in [2.75, 3.05) is 7.11 Å². The van der Waals surface area contributed by atoms with E-state index in [1.807, 2.05) is 0 Å². The van der Waals surface area contributed by atoms with E-state index in [9.17, 15) is 15.4 Å². The standard InChI is InChI=1S/C21H33N3O3/c1-19-9-6-14(25)12-13(19)4-5-16-15(19)7-10-20(2)17(18(26)27-3)8-11-21(16,20)23-24-22/h13-17,25H,4-12H2,1-3H3/t13-,14+,15+,16-,17-,19+,20-,21+/m1/s1. The first-order valence-electron chi connectivity index (χ1n) is 10.6. The van der Waals surface area contributed by atoms with Crippen LogP contribution in [0.2, 0.25) is 0 Å². The van der Waals surface area contributed by atoms with Crippen molar-refractivity contribution in [3.63, 3.8) is 0 Å². The van der Waals surface area contributed by atoms with Gasteiger partial charge in [0.25, 0.3) is 0 Å². The molecule has 0 aromatic heterocycles. The van der Waals surface area contributed by atoms with Crippen molar-refractivity contribution in [3.05, 3.63) is 10.4 Å². The average molecular weight is 376 g/mol. The topological polar surface area (TPSA) is 95.3 Å². The molecule has 150 valence electrons. The number of hydrogen-bond donors (Lipinski definition) is 1. The van der Waals surface area contributed by atoms with Gasteiger partial charge in [-0.3, -0.25) is 4.79 Å². The molecule has 0 spiro atoms. The Balaban J connectivity index is 1.74. The second kappa shape index (κ2) is 6.38. The number of aliphatic hydroxyl groups excluding tert-OH is 1. The summed E-state index contributed by atoms with van der Waals surface area (Å²) in [5, 5.41) is 14.7. The number of azide groups is 1. The molecule has 6 heteroatoms. The van der Waals surface area contributed by atoms with Crippen LogP contribution in [0.25, 0.3) is 10.4 Å². The van der Waals surface area contributed by atoms with Crippen LogP contribution in [0.1, 0.15) is 71.6 Å². The molecule has 4 fully saturated rings. The summed E-state index contributed by atoms with van der Waals surface area (Å²) in [6.07, 6.45) is 8.37. The lowest BCUT2D eigenvalue weighted by Crippen LogP contribution is -2.61. The maximum absolute atomic E-state index is 12.5. The van der Waals surface area contributed by atoms with Gasteiger partial charge in [0.15, 0.2) is 0 Å². The molecule has 0 unspecified atom stereocenters. The van der Waals surface area contributed by atoms with Crippen LogP contribution >= 0.6 is 0 Å². The minimum atomic E-state index is -0.479. The van der Waals surface area contributed by atoms with Crippen molar-refractivity contribution in [2.24, 2.45) is 39.6 Å². The molecule has 0 aromatic rings. The van der Waals surface area contributed by atoms with Gasteiger partial charge in [0.05, 0.1) is 24.7 Å². The number of fused-ring (bicyclic) bond motifs is 5. The number of hydrogen-bond acceptors (Lipinski definition) is 4. The van der Waals surface area contributed by atoms with Crippen molar-refractivity contribution in [1.29, 1.82) is 0 Å². The van der Waals surface area contributed by atoms with Crippen LogP contribution in [-0.4, -0.2) is 29.8 Å². The Morgan fingerprint density at radius 2 is 1.89 bits per heavy atom. The Hall–Kier alpha value is -1.26. The first kappa shape index (κ1) is 19.1. The fourth-order valence-corrected chi connectivity index (χ4v) is 8.04. The second-order valence-electron chi connectivity index (χ2n) is 10.1. The summed E-state index contributed by atoms with van der Waals surface area (Å²) in [6.45, 7) is 4.59. The molecule has 4 aliphatic rings. The van der Waals surface area contributed by atoms with E-state index in [1.165, 1.54) is 7.11 Å². The van der Waals surface area contributed by atoms with Gasteiger partial charge in [-0.2, -0.15) is 0 Å². The van der Waals surface area contributed by atoms with Crippen LogP contribution in [-0.2, 0) is 9.53 Å². The Morgan fingerprint density at radius 1 is 1.11 bits per heavy atom. The highest BCUT2D eigenvalue weighted by atomic mass is 16.5. The highest BCUT2D eigenvalue weighted by Crippen LogP contribution is 2.70. The lowest BCUT2D eigenvalue weighted by Gasteiger charge is -2.63.